The molecular formula is C18H14F2N4O2. The number of aryl methyl sites for hydroxylation is 1. The average molecular weight is 356 g/mol. The number of nitrogens with zero attached hydrogens (tertiary/aromatic N) is 3. The van der Waals surface area contributed by atoms with Crippen LogP contribution in [0.15, 0.2) is 53.5 Å². The molecule has 6 nitrogen and oxygen atoms in total. The van der Waals surface area contributed by atoms with Crippen LogP contribution in [-0.2, 0) is 13.5 Å². The van der Waals surface area contributed by atoms with Gasteiger partial charge in [0, 0.05) is 25.7 Å². The number of pyridine rings is 1. The van der Waals surface area contributed by atoms with Gasteiger partial charge in [-0.15, -0.1) is 0 Å². The topological polar surface area (TPSA) is 76.9 Å². The van der Waals surface area contributed by atoms with E-state index in [0.29, 0.717) is 5.56 Å². The Morgan fingerprint density at radius 1 is 1.15 bits per heavy atom. The highest BCUT2D eigenvalue weighted by Gasteiger charge is 2.11. The van der Waals surface area contributed by atoms with Crippen LogP contribution in [0.5, 0.6) is 0 Å². The van der Waals surface area contributed by atoms with Crippen molar-refractivity contribution < 1.29 is 13.6 Å². The number of rotatable bonds is 4. The second-order valence-corrected chi connectivity index (χ2v) is 5.58. The second kappa shape index (κ2) is 7.22. The number of aromatic nitrogens is 3. The number of hydrogen-bond donors (Lipinski definition) is 1. The zero-order valence-electron chi connectivity index (χ0n) is 13.7. The molecule has 1 N–H and O–H groups in total. The first-order chi connectivity index (χ1) is 12.4. The van der Waals surface area contributed by atoms with Crippen molar-refractivity contribution in [3.8, 4) is 0 Å². The summed E-state index contributed by atoms with van der Waals surface area (Å²) in [7, 11) is 1.44. The lowest BCUT2D eigenvalue weighted by atomic mass is 10.1. The molecule has 0 saturated carbocycles. The van der Waals surface area contributed by atoms with Crippen LogP contribution in [0, 0.1) is 11.6 Å². The quantitative estimate of drug-likeness (QED) is 0.778. The van der Waals surface area contributed by atoms with Gasteiger partial charge in [0.1, 0.15) is 11.5 Å². The van der Waals surface area contributed by atoms with E-state index in [-0.39, 0.29) is 29.1 Å². The van der Waals surface area contributed by atoms with E-state index in [2.05, 4.69) is 15.4 Å². The summed E-state index contributed by atoms with van der Waals surface area (Å²) in [4.78, 5) is 27.5. The molecule has 0 fully saturated rings. The molecule has 2 heterocycles. The maximum Gasteiger partial charge on any atom is 0.277 e. The van der Waals surface area contributed by atoms with Crippen LogP contribution < -0.4 is 10.9 Å². The van der Waals surface area contributed by atoms with Gasteiger partial charge in [-0.2, -0.15) is 5.10 Å². The number of benzene rings is 1. The van der Waals surface area contributed by atoms with E-state index in [0.717, 1.165) is 10.7 Å². The Morgan fingerprint density at radius 3 is 2.65 bits per heavy atom. The molecule has 132 valence electrons. The van der Waals surface area contributed by atoms with E-state index in [1.807, 2.05) is 0 Å². The van der Waals surface area contributed by atoms with Crippen molar-refractivity contribution in [1.82, 2.24) is 14.8 Å². The van der Waals surface area contributed by atoms with E-state index in [1.165, 1.54) is 37.5 Å². The fraction of sp³-hybridized carbons (Fsp3) is 0.111. The molecule has 0 radical (unpaired) electrons. The average Bonchev–Trinajstić information content (AvgIpc) is 2.63. The third kappa shape index (κ3) is 3.80. The van der Waals surface area contributed by atoms with Gasteiger partial charge in [-0.1, -0.05) is 18.2 Å². The lowest BCUT2D eigenvalue weighted by Crippen LogP contribution is -2.23. The van der Waals surface area contributed by atoms with Gasteiger partial charge in [-0.3, -0.25) is 9.59 Å². The smallest absolute Gasteiger partial charge is 0.277 e. The summed E-state index contributed by atoms with van der Waals surface area (Å²) in [6, 6.07) is 9.76. The molecule has 0 aliphatic rings. The molecule has 26 heavy (non-hydrogen) atoms. The van der Waals surface area contributed by atoms with Gasteiger partial charge >= 0.3 is 0 Å². The molecule has 0 aliphatic heterocycles. The minimum atomic E-state index is -0.899. The summed E-state index contributed by atoms with van der Waals surface area (Å²) in [6.45, 7) is 0. The molecule has 0 aliphatic carbocycles. The summed E-state index contributed by atoms with van der Waals surface area (Å²) >= 11 is 0. The molecule has 3 aromatic rings. The summed E-state index contributed by atoms with van der Waals surface area (Å²) in [6.07, 6.45) is 1.64. The van der Waals surface area contributed by atoms with E-state index < -0.39 is 17.5 Å². The summed E-state index contributed by atoms with van der Waals surface area (Å²) in [5.74, 6) is -2.03. The van der Waals surface area contributed by atoms with Gasteiger partial charge in [0.15, 0.2) is 11.6 Å². The van der Waals surface area contributed by atoms with Gasteiger partial charge in [0.05, 0.1) is 0 Å². The number of amides is 1. The Labute approximate surface area is 147 Å². The van der Waals surface area contributed by atoms with Crippen LogP contribution in [0.1, 0.15) is 21.6 Å². The molecular weight excluding hydrogens is 342 g/mol. The monoisotopic (exact) mass is 356 g/mol. The first-order valence-corrected chi connectivity index (χ1v) is 7.67. The van der Waals surface area contributed by atoms with Crippen LogP contribution in [0.3, 0.4) is 0 Å². The van der Waals surface area contributed by atoms with Gasteiger partial charge in [0.25, 0.3) is 11.5 Å². The molecule has 0 saturated heterocycles. The Kier molecular flexibility index (Phi) is 4.83. The number of nitrogens with one attached hydrogen (secondary N) is 1. The fourth-order valence-corrected chi connectivity index (χ4v) is 2.31. The van der Waals surface area contributed by atoms with Crippen LogP contribution in [0.2, 0.25) is 0 Å². The van der Waals surface area contributed by atoms with E-state index in [1.54, 1.807) is 12.1 Å². The Hall–Kier alpha value is -3.42. The molecule has 0 unspecified atom stereocenters. The number of halogens is 2. The maximum atomic E-state index is 13.7. The van der Waals surface area contributed by atoms with E-state index in [9.17, 15) is 18.4 Å². The minimum Gasteiger partial charge on any atom is -0.305 e. The molecule has 1 amide bonds. The first kappa shape index (κ1) is 17.4. The normalized spacial score (nSPS) is 10.6. The van der Waals surface area contributed by atoms with Gasteiger partial charge in [-0.05, 0) is 29.3 Å². The summed E-state index contributed by atoms with van der Waals surface area (Å²) in [5, 5.41) is 6.40. The minimum absolute atomic E-state index is 0.0693. The summed E-state index contributed by atoms with van der Waals surface area (Å²) < 4.78 is 28.0. The molecule has 0 atom stereocenters. The SMILES string of the molecule is Cn1nc(C(=O)Nc2ccc(Cc3cccc(F)c3F)cn2)ccc1=O. The van der Waals surface area contributed by atoms with Gasteiger partial charge in [-0.25, -0.2) is 18.4 Å². The zero-order valence-corrected chi connectivity index (χ0v) is 13.7. The number of carbonyl (C=O) groups is 1. The van der Waals surface area contributed by atoms with Crippen LogP contribution in [-0.4, -0.2) is 20.7 Å². The number of hydrogen-bond acceptors (Lipinski definition) is 4. The van der Waals surface area contributed by atoms with E-state index >= 15 is 0 Å². The van der Waals surface area contributed by atoms with Crippen LogP contribution >= 0.6 is 0 Å². The second-order valence-electron chi connectivity index (χ2n) is 5.58. The molecule has 1 aromatic carbocycles. The van der Waals surface area contributed by atoms with Crippen molar-refractivity contribution >= 4 is 11.7 Å². The van der Waals surface area contributed by atoms with Gasteiger partial charge < -0.3 is 5.32 Å². The summed E-state index contributed by atoms with van der Waals surface area (Å²) in [5.41, 5.74) is 0.624. The molecule has 3 rings (SSSR count). The van der Waals surface area contributed by atoms with Crippen molar-refractivity contribution in [3.05, 3.63) is 87.5 Å². The molecule has 0 bridgehead atoms. The van der Waals surface area contributed by atoms with Gasteiger partial charge in [0.2, 0.25) is 0 Å². The highest BCUT2D eigenvalue weighted by Crippen LogP contribution is 2.16. The standard InChI is InChI=1S/C18H14F2N4O2/c1-24-16(25)8-6-14(23-24)18(26)22-15-7-5-11(10-21-15)9-12-3-2-4-13(19)17(12)20/h2-8,10H,9H2,1H3,(H,21,22,26). The zero-order chi connectivity index (χ0) is 18.7. The van der Waals surface area contributed by atoms with Crippen molar-refractivity contribution in [3.63, 3.8) is 0 Å². The fourth-order valence-electron chi connectivity index (χ4n) is 2.31. The van der Waals surface area contributed by atoms with Crippen LogP contribution in [0.4, 0.5) is 14.6 Å². The van der Waals surface area contributed by atoms with E-state index in [4.69, 9.17) is 0 Å². The first-order valence-electron chi connectivity index (χ1n) is 7.67. The third-order valence-corrected chi connectivity index (χ3v) is 3.69. The van der Waals surface area contributed by atoms with Crippen LogP contribution in [0.25, 0.3) is 0 Å². The Bertz CT molecular complexity index is 1020. The highest BCUT2D eigenvalue weighted by atomic mass is 19.2. The van der Waals surface area contributed by atoms with Crippen molar-refractivity contribution in [2.24, 2.45) is 7.05 Å². The van der Waals surface area contributed by atoms with Crippen molar-refractivity contribution in [2.75, 3.05) is 5.32 Å². The highest BCUT2D eigenvalue weighted by molar-refractivity contribution is 6.02. The molecule has 0 spiro atoms. The van der Waals surface area contributed by atoms with Crippen molar-refractivity contribution in [1.29, 1.82) is 0 Å². The van der Waals surface area contributed by atoms with Crippen molar-refractivity contribution in [2.45, 2.75) is 6.42 Å². The third-order valence-electron chi connectivity index (χ3n) is 3.69. The molecule has 8 heteroatoms. The Balaban J connectivity index is 1.71. The largest absolute Gasteiger partial charge is 0.305 e. The predicted molar refractivity (Wildman–Crippen MR) is 90.8 cm³/mol. The lowest BCUT2D eigenvalue weighted by Gasteiger charge is -2.07. The lowest BCUT2D eigenvalue weighted by molar-refractivity contribution is 0.101. The Morgan fingerprint density at radius 2 is 1.96 bits per heavy atom. The predicted octanol–water partition coefficient (Wildman–Crippen LogP) is 2.30. The maximum absolute atomic E-state index is 13.7. The molecule has 2 aromatic heterocycles. The number of anilines is 1. The number of carbonyl (C=O) groups excluding carboxylic acids is 1.